The van der Waals surface area contributed by atoms with Crippen LogP contribution >= 0.6 is 0 Å². The van der Waals surface area contributed by atoms with Crippen molar-refractivity contribution >= 4 is 5.57 Å². The van der Waals surface area contributed by atoms with E-state index < -0.39 is 6.10 Å². The molecule has 0 bridgehead atoms. The Bertz CT molecular complexity index is 577. The smallest absolute Gasteiger partial charge is 0.0857 e. The summed E-state index contributed by atoms with van der Waals surface area (Å²) >= 11 is 0. The molecule has 3 rings (SSSR count). The molecule has 1 atom stereocenters. The zero-order valence-electron chi connectivity index (χ0n) is 13.3. The number of morpholine rings is 1. The summed E-state index contributed by atoms with van der Waals surface area (Å²) in [5.74, 6) is 0. The molecular formula is C20H23NO2. The van der Waals surface area contributed by atoms with E-state index in [4.69, 9.17) is 4.74 Å². The molecule has 0 saturated carbocycles. The highest BCUT2D eigenvalue weighted by Crippen LogP contribution is 2.23. The second-order valence-corrected chi connectivity index (χ2v) is 5.79. The van der Waals surface area contributed by atoms with Crippen LogP contribution < -0.4 is 0 Å². The van der Waals surface area contributed by atoms with Gasteiger partial charge in [0.2, 0.25) is 0 Å². The highest BCUT2D eigenvalue weighted by Gasteiger charge is 2.15. The predicted octanol–water partition coefficient (Wildman–Crippen LogP) is 2.81. The molecule has 1 aliphatic heterocycles. The first-order valence-corrected chi connectivity index (χ1v) is 8.14. The zero-order chi connectivity index (χ0) is 15.9. The lowest BCUT2D eigenvalue weighted by atomic mass is 9.96. The Hall–Kier alpha value is -1.94. The topological polar surface area (TPSA) is 32.7 Å². The fourth-order valence-electron chi connectivity index (χ4n) is 2.89. The molecule has 3 heteroatoms. The van der Waals surface area contributed by atoms with Crippen LogP contribution in [0.3, 0.4) is 0 Å². The molecule has 2 aromatic carbocycles. The second-order valence-electron chi connectivity index (χ2n) is 5.79. The number of nitrogens with zero attached hydrogens (tertiary/aromatic N) is 1. The number of hydrogen-bond acceptors (Lipinski definition) is 3. The summed E-state index contributed by atoms with van der Waals surface area (Å²) in [6.07, 6.45) is 1.48. The summed E-state index contributed by atoms with van der Waals surface area (Å²) < 4.78 is 5.36. The van der Waals surface area contributed by atoms with Gasteiger partial charge in [-0.3, -0.25) is 4.90 Å². The van der Waals surface area contributed by atoms with E-state index >= 15 is 0 Å². The van der Waals surface area contributed by atoms with Gasteiger partial charge in [-0.1, -0.05) is 60.7 Å². The van der Waals surface area contributed by atoms with Gasteiger partial charge in [0, 0.05) is 19.6 Å². The lowest BCUT2D eigenvalue weighted by Crippen LogP contribution is -2.40. The number of aliphatic hydroxyl groups excluding tert-OH is 1. The Morgan fingerprint density at radius 1 is 0.957 bits per heavy atom. The highest BCUT2D eigenvalue weighted by atomic mass is 16.5. The van der Waals surface area contributed by atoms with Crippen LogP contribution in [0, 0.1) is 0 Å². The van der Waals surface area contributed by atoms with Crippen LogP contribution in [0.2, 0.25) is 0 Å². The largest absolute Gasteiger partial charge is 0.388 e. The van der Waals surface area contributed by atoms with Gasteiger partial charge in [-0.25, -0.2) is 0 Å². The third kappa shape index (κ3) is 4.52. The Morgan fingerprint density at radius 2 is 1.48 bits per heavy atom. The van der Waals surface area contributed by atoms with Gasteiger partial charge in [-0.15, -0.1) is 0 Å². The maximum atomic E-state index is 10.5. The molecule has 0 aliphatic carbocycles. The van der Waals surface area contributed by atoms with E-state index in [1.165, 1.54) is 0 Å². The minimum absolute atomic E-state index is 0.497. The van der Waals surface area contributed by atoms with Gasteiger partial charge in [0.05, 0.1) is 19.3 Å². The summed E-state index contributed by atoms with van der Waals surface area (Å²) in [7, 11) is 0. The molecule has 120 valence electrons. The lowest BCUT2D eigenvalue weighted by molar-refractivity contribution is 0.0223. The number of β-amino-alcohol motifs (C(OH)–C–C–N with tert-alkyl or cyclic N) is 1. The minimum atomic E-state index is -0.497. The van der Waals surface area contributed by atoms with Crippen molar-refractivity contribution in [3.63, 3.8) is 0 Å². The summed E-state index contributed by atoms with van der Waals surface area (Å²) in [6.45, 7) is 3.92. The zero-order valence-corrected chi connectivity index (χ0v) is 13.3. The van der Waals surface area contributed by atoms with Gasteiger partial charge in [-0.2, -0.15) is 0 Å². The van der Waals surface area contributed by atoms with E-state index in [1.807, 2.05) is 42.5 Å². The third-order valence-electron chi connectivity index (χ3n) is 4.08. The van der Waals surface area contributed by atoms with E-state index in [2.05, 4.69) is 29.2 Å². The number of benzene rings is 2. The second kappa shape index (κ2) is 8.06. The van der Waals surface area contributed by atoms with Crippen molar-refractivity contribution in [3.05, 3.63) is 77.9 Å². The number of ether oxygens (including phenoxy) is 1. The van der Waals surface area contributed by atoms with Crippen molar-refractivity contribution in [2.75, 3.05) is 32.8 Å². The molecule has 2 aromatic rings. The van der Waals surface area contributed by atoms with E-state index in [0.717, 1.165) is 43.0 Å². The number of aliphatic hydroxyl groups is 1. The maximum absolute atomic E-state index is 10.5. The molecule has 0 radical (unpaired) electrons. The monoisotopic (exact) mass is 309 g/mol. The van der Waals surface area contributed by atoms with Gasteiger partial charge in [0.1, 0.15) is 0 Å². The average molecular weight is 309 g/mol. The first kappa shape index (κ1) is 15.9. The highest BCUT2D eigenvalue weighted by molar-refractivity contribution is 5.80. The molecule has 1 unspecified atom stereocenters. The van der Waals surface area contributed by atoms with Gasteiger partial charge < -0.3 is 9.84 Å². The van der Waals surface area contributed by atoms with Crippen molar-refractivity contribution in [1.29, 1.82) is 0 Å². The minimum Gasteiger partial charge on any atom is -0.388 e. The summed E-state index contributed by atoms with van der Waals surface area (Å²) in [6, 6.07) is 20.5. The standard InChI is InChI=1S/C20H23NO2/c22-19(16-21-11-13-23-14-12-21)15-20(17-7-3-1-4-8-17)18-9-5-2-6-10-18/h1-10,15,19,22H,11-14,16H2. The van der Waals surface area contributed by atoms with E-state index in [1.54, 1.807) is 0 Å². The van der Waals surface area contributed by atoms with E-state index in [-0.39, 0.29) is 0 Å². The van der Waals surface area contributed by atoms with Gasteiger partial charge in [-0.05, 0) is 22.8 Å². The predicted molar refractivity (Wildman–Crippen MR) is 93.2 cm³/mol. The van der Waals surface area contributed by atoms with Crippen molar-refractivity contribution in [1.82, 2.24) is 4.90 Å². The van der Waals surface area contributed by atoms with Crippen molar-refractivity contribution < 1.29 is 9.84 Å². The van der Waals surface area contributed by atoms with Crippen LogP contribution in [-0.4, -0.2) is 49.0 Å². The lowest BCUT2D eigenvalue weighted by Gasteiger charge is -2.28. The van der Waals surface area contributed by atoms with Crippen LogP contribution in [0.1, 0.15) is 11.1 Å². The Morgan fingerprint density at radius 3 is 2.00 bits per heavy atom. The summed E-state index contributed by atoms with van der Waals surface area (Å²) in [5, 5.41) is 10.5. The average Bonchev–Trinajstić information content (AvgIpc) is 2.62. The van der Waals surface area contributed by atoms with Crippen LogP contribution in [-0.2, 0) is 4.74 Å². The summed E-state index contributed by atoms with van der Waals surface area (Å²) in [5.41, 5.74) is 3.33. The first-order valence-electron chi connectivity index (χ1n) is 8.14. The van der Waals surface area contributed by atoms with E-state index in [9.17, 15) is 5.11 Å². The first-order chi connectivity index (χ1) is 11.3. The normalized spacial score (nSPS) is 16.7. The van der Waals surface area contributed by atoms with Crippen LogP contribution in [0.15, 0.2) is 66.7 Å². The van der Waals surface area contributed by atoms with Crippen LogP contribution in [0.4, 0.5) is 0 Å². The van der Waals surface area contributed by atoms with Gasteiger partial charge in [0.25, 0.3) is 0 Å². The van der Waals surface area contributed by atoms with Crippen molar-refractivity contribution in [2.24, 2.45) is 0 Å². The maximum Gasteiger partial charge on any atom is 0.0857 e. The van der Waals surface area contributed by atoms with Gasteiger partial charge in [0.15, 0.2) is 0 Å². The fraction of sp³-hybridized carbons (Fsp3) is 0.300. The Labute approximate surface area is 137 Å². The molecule has 3 nitrogen and oxygen atoms in total. The molecule has 1 aliphatic rings. The SMILES string of the molecule is OC(C=C(c1ccccc1)c1ccccc1)CN1CCOCC1. The van der Waals surface area contributed by atoms with Crippen molar-refractivity contribution in [3.8, 4) is 0 Å². The molecule has 0 aromatic heterocycles. The molecule has 1 saturated heterocycles. The Kier molecular flexibility index (Phi) is 5.59. The fourth-order valence-corrected chi connectivity index (χ4v) is 2.89. The van der Waals surface area contributed by atoms with E-state index in [0.29, 0.717) is 6.54 Å². The molecule has 1 heterocycles. The molecule has 0 amide bonds. The Balaban J connectivity index is 1.82. The third-order valence-corrected chi connectivity index (χ3v) is 4.08. The summed E-state index contributed by atoms with van der Waals surface area (Å²) in [4.78, 5) is 2.25. The molecule has 0 spiro atoms. The van der Waals surface area contributed by atoms with Gasteiger partial charge >= 0.3 is 0 Å². The van der Waals surface area contributed by atoms with Crippen molar-refractivity contribution in [2.45, 2.75) is 6.10 Å². The molecule has 1 N–H and O–H groups in total. The quantitative estimate of drug-likeness (QED) is 0.922. The molecule has 23 heavy (non-hydrogen) atoms. The number of hydrogen-bond donors (Lipinski definition) is 1. The van der Waals surface area contributed by atoms with Crippen LogP contribution in [0.5, 0.6) is 0 Å². The molecule has 1 fully saturated rings. The van der Waals surface area contributed by atoms with Crippen LogP contribution in [0.25, 0.3) is 5.57 Å². The molecular weight excluding hydrogens is 286 g/mol. The number of rotatable bonds is 5.